The van der Waals surface area contributed by atoms with Crippen molar-refractivity contribution in [2.45, 2.75) is 45.7 Å². The summed E-state index contributed by atoms with van der Waals surface area (Å²) in [6.45, 7) is 9.48. The summed E-state index contributed by atoms with van der Waals surface area (Å²) in [5, 5.41) is 7.93. The van der Waals surface area contributed by atoms with E-state index in [1.165, 1.54) is 5.69 Å². The van der Waals surface area contributed by atoms with Crippen molar-refractivity contribution in [2.75, 3.05) is 34.3 Å². The molecule has 1 rings (SSSR count). The van der Waals surface area contributed by atoms with E-state index in [9.17, 15) is 0 Å². The van der Waals surface area contributed by atoms with Crippen molar-refractivity contribution < 1.29 is 4.74 Å². The number of likely N-dealkylation sites (N-methyl/N-ethyl adjacent to an activating group) is 1. The minimum absolute atomic E-state index is 0.431. The predicted octanol–water partition coefficient (Wildman–Crippen LogP) is 1.94. The van der Waals surface area contributed by atoms with Gasteiger partial charge in [-0.1, -0.05) is 20.8 Å². The van der Waals surface area contributed by atoms with Crippen molar-refractivity contribution in [1.29, 1.82) is 0 Å². The van der Waals surface area contributed by atoms with Gasteiger partial charge in [-0.25, -0.2) is 0 Å². The Morgan fingerprint density at radius 3 is 2.60 bits per heavy atom. The fourth-order valence-corrected chi connectivity index (χ4v) is 2.23. The van der Waals surface area contributed by atoms with E-state index in [1.807, 2.05) is 6.20 Å². The normalized spacial score (nSPS) is 13.2. The zero-order valence-electron chi connectivity index (χ0n) is 13.8. The monoisotopic (exact) mass is 282 g/mol. The first-order chi connectivity index (χ1) is 9.45. The minimum atomic E-state index is 0.431. The smallest absolute Gasteiger partial charge is 0.160 e. The summed E-state index contributed by atoms with van der Waals surface area (Å²) in [6.07, 6.45) is 2.92. The first kappa shape index (κ1) is 17.0. The van der Waals surface area contributed by atoms with E-state index >= 15 is 0 Å². The van der Waals surface area contributed by atoms with Gasteiger partial charge in [0, 0.05) is 18.5 Å². The lowest BCUT2D eigenvalue weighted by Gasteiger charge is -2.18. The van der Waals surface area contributed by atoms with Gasteiger partial charge in [0.1, 0.15) is 0 Å². The van der Waals surface area contributed by atoms with Gasteiger partial charge in [-0.3, -0.25) is 4.68 Å². The van der Waals surface area contributed by atoms with Gasteiger partial charge in [0.15, 0.2) is 5.75 Å². The molecule has 0 aliphatic heterocycles. The van der Waals surface area contributed by atoms with Crippen LogP contribution in [0.2, 0.25) is 0 Å². The molecule has 0 spiro atoms. The highest BCUT2D eigenvalue weighted by molar-refractivity contribution is 5.28. The molecule has 20 heavy (non-hydrogen) atoms. The molecule has 1 heterocycles. The summed E-state index contributed by atoms with van der Waals surface area (Å²) in [6, 6.07) is 0.530. The highest BCUT2D eigenvalue weighted by Crippen LogP contribution is 2.28. The molecule has 5 nitrogen and oxygen atoms in total. The standard InChI is InChI=1S/C15H30N4O/c1-12(2)16-8-7-13(3)15-14(20-6)11-17-19(15)10-9-18(4)5/h11-13,16H,7-10H2,1-6H3. The van der Waals surface area contributed by atoms with E-state index in [-0.39, 0.29) is 0 Å². The second kappa shape index (κ2) is 8.27. The number of hydrogen-bond acceptors (Lipinski definition) is 4. The molecule has 0 amide bonds. The van der Waals surface area contributed by atoms with E-state index < -0.39 is 0 Å². The zero-order valence-corrected chi connectivity index (χ0v) is 13.8. The van der Waals surface area contributed by atoms with Crippen molar-refractivity contribution in [1.82, 2.24) is 20.0 Å². The van der Waals surface area contributed by atoms with Crippen molar-refractivity contribution in [3.63, 3.8) is 0 Å². The van der Waals surface area contributed by atoms with Crippen LogP contribution in [-0.2, 0) is 6.54 Å². The predicted molar refractivity (Wildman–Crippen MR) is 83.5 cm³/mol. The molecule has 1 unspecified atom stereocenters. The lowest BCUT2D eigenvalue weighted by molar-refractivity contribution is 0.360. The topological polar surface area (TPSA) is 42.3 Å². The number of rotatable bonds is 9. The van der Waals surface area contributed by atoms with Crippen molar-refractivity contribution >= 4 is 0 Å². The number of ether oxygens (including phenoxy) is 1. The molecule has 5 heteroatoms. The second-order valence-corrected chi connectivity index (χ2v) is 5.92. The number of nitrogens with one attached hydrogen (secondary N) is 1. The molecular weight excluding hydrogens is 252 g/mol. The first-order valence-corrected chi connectivity index (χ1v) is 7.43. The number of nitrogens with zero attached hydrogens (tertiary/aromatic N) is 3. The Kier molecular flexibility index (Phi) is 7.02. The average Bonchev–Trinajstić information content (AvgIpc) is 2.78. The van der Waals surface area contributed by atoms with E-state index in [1.54, 1.807) is 7.11 Å². The Hall–Kier alpha value is -1.07. The quantitative estimate of drug-likeness (QED) is 0.752. The third kappa shape index (κ3) is 5.13. The molecule has 0 aliphatic rings. The highest BCUT2D eigenvalue weighted by Gasteiger charge is 2.18. The number of methoxy groups -OCH3 is 1. The van der Waals surface area contributed by atoms with Crippen molar-refractivity contribution in [3.8, 4) is 5.75 Å². The van der Waals surface area contributed by atoms with Gasteiger partial charge >= 0.3 is 0 Å². The maximum atomic E-state index is 5.46. The molecule has 1 aromatic rings. The van der Waals surface area contributed by atoms with Crippen molar-refractivity contribution in [3.05, 3.63) is 11.9 Å². The molecule has 0 saturated carbocycles. The summed E-state index contributed by atoms with van der Waals surface area (Å²) >= 11 is 0. The molecule has 0 aromatic carbocycles. The van der Waals surface area contributed by atoms with Gasteiger partial charge < -0.3 is 15.0 Å². The lowest BCUT2D eigenvalue weighted by atomic mass is 10.0. The fourth-order valence-electron chi connectivity index (χ4n) is 2.23. The highest BCUT2D eigenvalue weighted by atomic mass is 16.5. The molecule has 0 aliphatic carbocycles. The van der Waals surface area contributed by atoms with Crippen LogP contribution in [0.15, 0.2) is 6.20 Å². The minimum Gasteiger partial charge on any atom is -0.493 e. The van der Waals surface area contributed by atoms with E-state index in [4.69, 9.17) is 4.74 Å². The third-order valence-electron chi connectivity index (χ3n) is 3.42. The summed E-state index contributed by atoms with van der Waals surface area (Å²) < 4.78 is 7.55. The molecule has 116 valence electrons. The van der Waals surface area contributed by atoms with Crippen LogP contribution in [0, 0.1) is 0 Å². The van der Waals surface area contributed by atoms with Crippen LogP contribution in [0.5, 0.6) is 5.75 Å². The molecule has 0 fully saturated rings. The van der Waals surface area contributed by atoms with Crippen molar-refractivity contribution in [2.24, 2.45) is 0 Å². The SMILES string of the molecule is COc1cnn(CCN(C)C)c1C(C)CCNC(C)C. The van der Waals surface area contributed by atoms with Gasteiger partial charge in [0.05, 0.1) is 25.5 Å². The summed E-state index contributed by atoms with van der Waals surface area (Å²) in [5.41, 5.74) is 1.21. The Morgan fingerprint density at radius 2 is 2.05 bits per heavy atom. The van der Waals surface area contributed by atoms with Gasteiger partial charge in [0.2, 0.25) is 0 Å². The maximum Gasteiger partial charge on any atom is 0.160 e. The van der Waals surface area contributed by atoms with Gasteiger partial charge in [-0.2, -0.15) is 5.10 Å². The number of hydrogen-bond donors (Lipinski definition) is 1. The number of aromatic nitrogens is 2. The maximum absolute atomic E-state index is 5.46. The Bertz CT molecular complexity index is 387. The van der Waals surface area contributed by atoms with Gasteiger partial charge in [-0.05, 0) is 27.1 Å². The van der Waals surface area contributed by atoms with E-state index in [0.717, 1.165) is 31.8 Å². The summed E-state index contributed by atoms with van der Waals surface area (Å²) in [7, 11) is 5.88. The molecular formula is C15H30N4O. The summed E-state index contributed by atoms with van der Waals surface area (Å²) in [4.78, 5) is 2.17. The third-order valence-corrected chi connectivity index (χ3v) is 3.42. The Balaban J connectivity index is 2.71. The molecule has 1 atom stereocenters. The van der Waals surface area contributed by atoms with Gasteiger partial charge in [0.25, 0.3) is 0 Å². The second-order valence-electron chi connectivity index (χ2n) is 5.92. The largest absolute Gasteiger partial charge is 0.493 e. The molecule has 0 radical (unpaired) electrons. The van der Waals surface area contributed by atoms with Crippen LogP contribution < -0.4 is 10.1 Å². The molecule has 1 aromatic heterocycles. The Labute approximate surface area is 123 Å². The van der Waals surface area contributed by atoms with Crippen LogP contribution in [0.4, 0.5) is 0 Å². The average molecular weight is 282 g/mol. The molecule has 0 bridgehead atoms. The molecule has 0 saturated heterocycles. The van der Waals surface area contributed by atoms with Gasteiger partial charge in [-0.15, -0.1) is 0 Å². The Morgan fingerprint density at radius 1 is 1.35 bits per heavy atom. The first-order valence-electron chi connectivity index (χ1n) is 7.43. The van der Waals surface area contributed by atoms with Crippen LogP contribution >= 0.6 is 0 Å². The van der Waals surface area contributed by atoms with Crippen LogP contribution in [-0.4, -0.2) is 55.0 Å². The molecule has 1 N–H and O–H groups in total. The summed E-state index contributed by atoms with van der Waals surface area (Å²) in [5.74, 6) is 1.33. The van der Waals surface area contributed by atoms with E-state index in [0.29, 0.717) is 12.0 Å². The van der Waals surface area contributed by atoms with Crippen LogP contribution in [0.25, 0.3) is 0 Å². The lowest BCUT2D eigenvalue weighted by Crippen LogP contribution is -2.25. The fraction of sp³-hybridized carbons (Fsp3) is 0.800. The zero-order chi connectivity index (χ0) is 15.1. The van der Waals surface area contributed by atoms with Crippen LogP contribution in [0.1, 0.15) is 38.8 Å². The van der Waals surface area contributed by atoms with E-state index in [2.05, 4.69) is 54.9 Å². The van der Waals surface area contributed by atoms with Crippen LogP contribution in [0.3, 0.4) is 0 Å².